The van der Waals surface area contributed by atoms with E-state index in [-0.39, 0.29) is 17.7 Å². The molecule has 1 aromatic carbocycles. The molecule has 1 atom stereocenters. The van der Waals surface area contributed by atoms with E-state index in [2.05, 4.69) is 9.82 Å². The van der Waals surface area contributed by atoms with Gasteiger partial charge >= 0.3 is 0 Å². The van der Waals surface area contributed by atoms with Crippen LogP contribution in [0.1, 0.15) is 25.5 Å². The molecular weight excluding hydrogens is 286 g/mol. The summed E-state index contributed by atoms with van der Waals surface area (Å²) in [5.41, 5.74) is 0.931. The number of nitrogens with zero attached hydrogens (tertiary/aromatic N) is 2. The molecule has 0 radical (unpaired) electrons. The molecule has 0 aliphatic carbocycles. The Hall–Kier alpha value is -1.66. The molecule has 21 heavy (non-hydrogen) atoms. The van der Waals surface area contributed by atoms with E-state index < -0.39 is 10.0 Å². The SMILES string of the molecule is CC(C)CS(=O)(=O)NC(Cn1cccn1)c1ccccc1. The van der Waals surface area contributed by atoms with Gasteiger partial charge in [0.1, 0.15) is 0 Å². The third-order valence-corrected chi connectivity index (χ3v) is 4.75. The molecule has 0 fully saturated rings. The zero-order chi connectivity index (χ0) is 15.3. The molecule has 1 heterocycles. The molecular formula is C15H21N3O2S. The van der Waals surface area contributed by atoms with Crippen molar-refractivity contribution < 1.29 is 8.42 Å². The van der Waals surface area contributed by atoms with Crippen molar-refractivity contribution in [3.8, 4) is 0 Å². The van der Waals surface area contributed by atoms with Crippen molar-refractivity contribution in [3.63, 3.8) is 0 Å². The van der Waals surface area contributed by atoms with Crippen molar-refractivity contribution in [3.05, 3.63) is 54.4 Å². The van der Waals surface area contributed by atoms with Crippen molar-refractivity contribution in [2.75, 3.05) is 5.75 Å². The first-order chi connectivity index (χ1) is 9.96. The number of nitrogens with one attached hydrogen (secondary N) is 1. The Labute approximate surface area is 126 Å². The van der Waals surface area contributed by atoms with E-state index in [9.17, 15) is 8.42 Å². The molecule has 0 bridgehead atoms. The Balaban J connectivity index is 2.20. The largest absolute Gasteiger partial charge is 0.271 e. The Bertz CT molecular complexity index is 637. The summed E-state index contributed by atoms with van der Waals surface area (Å²) in [4.78, 5) is 0. The standard InChI is InChI=1S/C15H21N3O2S/c1-13(2)12-21(19,20)17-15(11-18-10-6-9-16-18)14-7-4-3-5-8-14/h3-10,13,15,17H,11-12H2,1-2H3. The summed E-state index contributed by atoms with van der Waals surface area (Å²) in [6.45, 7) is 4.25. The van der Waals surface area contributed by atoms with Crippen LogP contribution < -0.4 is 4.72 Å². The van der Waals surface area contributed by atoms with Crippen LogP contribution in [0.5, 0.6) is 0 Å². The maximum atomic E-state index is 12.2. The molecule has 6 heteroatoms. The van der Waals surface area contributed by atoms with Gasteiger partial charge in [-0.1, -0.05) is 44.2 Å². The number of aromatic nitrogens is 2. The van der Waals surface area contributed by atoms with Crippen LogP contribution in [-0.4, -0.2) is 24.0 Å². The Morgan fingerprint density at radius 3 is 2.48 bits per heavy atom. The summed E-state index contributed by atoms with van der Waals surface area (Å²) in [7, 11) is -3.32. The monoisotopic (exact) mass is 307 g/mol. The van der Waals surface area contributed by atoms with Gasteiger partial charge in [0, 0.05) is 12.4 Å². The van der Waals surface area contributed by atoms with Crippen LogP contribution in [0.4, 0.5) is 0 Å². The van der Waals surface area contributed by atoms with Gasteiger partial charge in [0.15, 0.2) is 0 Å². The molecule has 0 spiro atoms. The first-order valence-corrected chi connectivity index (χ1v) is 8.64. The maximum Gasteiger partial charge on any atom is 0.212 e. The van der Waals surface area contributed by atoms with E-state index in [1.54, 1.807) is 10.9 Å². The van der Waals surface area contributed by atoms with E-state index in [4.69, 9.17) is 0 Å². The van der Waals surface area contributed by atoms with E-state index >= 15 is 0 Å². The molecule has 2 rings (SSSR count). The first kappa shape index (κ1) is 15.7. The number of hydrogen-bond acceptors (Lipinski definition) is 3. The predicted molar refractivity (Wildman–Crippen MR) is 83.2 cm³/mol. The van der Waals surface area contributed by atoms with Crippen LogP contribution in [0.3, 0.4) is 0 Å². The molecule has 0 amide bonds. The highest BCUT2D eigenvalue weighted by Gasteiger charge is 2.21. The van der Waals surface area contributed by atoms with Gasteiger partial charge in [-0.2, -0.15) is 5.10 Å². The fraction of sp³-hybridized carbons (Fsp3) is 0.400. The smallest absolute Gasteiger partial charge is 0.212 e. The number of rotatable bonds is 7. The van der Waals surface area contributed by atoms with Gasteiger partial charge in [0.05, 0.1) is 18.3 Å². The van der Waals surface area contributed by atoms with Gasteiger partial charge in [0.25, 0.3) is 0 Å². The summed E-state index contributed by atoms with van der Waals surface area (Å²) in [5, 5.41) is 4.15. The molecule has 2 aromatic rings. The highest BCUT2D eigenvalue weighted by molar-refractivity contribution is 7.89. The fourth-order valence-corrected chi connectivity index (χ4v) is 3.81. The highest BCUT2D eigenvalue weighted by atomic mass is 32.2. The van der Waals surface area contributed by atoms with Gasteiger partial charge in [-0.05, 0) is 17.5 Å². The predicted octanol–water partition coefficient (Wildman–Crippen LogP) is 2.20. The highest BCUT2D eigenvalue weighted by Crippen LogP contribution is 2.16. The minimum absolute atomic E-state index is 0.0867. The van der Waals surface area contributed by atoms with Crippen LogP contribution in [0, 0.1) is 5.92 Å². The molecule has 5 nitrogen and oxygen atoms in total. The van der Waals surface area contributed by atoms with Crippen molar-refractivity contribution in [1.82, 2.24) is 14.5 Å². The molecule has 1 unspecified atom stereocenters. The summed E-state index contributed by atoms with van der Waals surface area (Å²) in [5.74, 6) is 0.207. The average molecular weight is 307 g/mol. The molecule has 114 valence electrons. The van der Waals surface area contributed by atoms with Gasteiger partial charge in [-0.15, -0.1) is 0 Å². The van der Waals surface area contributed by atoms with E-state index in [0.717, 1.165) is 5.56 Å². The third-order valence-electron chi connectivity index (χ3n) is 3.01. The van der Waals surface area contributed by atoms with Gasteiger partial charge in [0.2, 0.25) is 10.0 Å². The zero-order valence-electron chi connectivity index (χ0n) is 12.3. The van der Waals surface area contributed by atoms with Crippen LogP contribution in [-0.2, 0) is 16.6 Å². The molecule has 0 saturated carbocycles. The molecule has 0 aliphatic heterocycles. The lowest BCUT2D eigenvalue weighted by molar-refractivity contribution is 0.480. The van der Waals surface area contributed by atoms with Crippen molar-refractivity contribution in [1.29, 1.82) is 0 Å². The fourth-order valence-electron chi connectivity index (χ4n) is 2.20. The second kappa shape index (κ2) is 6.87. The van der Waals surface area contributed by atoms with E-state index in [0.29, 0.717) is 6.54 Å². The minimum atomic E-state index is -3.32. The second-order valence-electron chi connectivity index (χ2n) is 5.48. The van der Waals surface area contributed by atoms with Gasteiger partial charge in [-0.25, -0.2) is 13.1 Å². The Morgan fingerprint density at radius 2 is 1.90 bits per heavy atom. The average Bonchev–Trinajstić information content (AvgIpc) is 2.90. The topological polar surface area (TPSA) is 64.0 Å². The second-order valence-corrected chi connectivity index (χ2v) is 7.28. The third kappa shape index (κ3) is 4.99. The Kier molecular flexibility index (Phi) is 5.14. The summed E-state index contributed by atoms with van der Waals surface area (Å²) in [6, 6.07) is 11.1. The van der Waals surface area contributed by atoms with Crippen molar-refractivity contribution in [2.24, 2.45) is 5.92 Å². The van der Waals surface area contributed by atoms with Crippen LogP contribution >= 0.6 is 0 Å². The summed E-state index contributed by atoms with van der Waals surface area (Å²) >= 11 is 0. The van der Waals surface area contributed by atoms with Crippen molar-refractivity contribution in [2.45, 2.75) is 26.4 Å². The van der Waals surface area contributed by atoms with Crippen LogP contribution in [0.15, 0.2) is 48.8 Å². The summed E-state index contributed by atoms with van der Waals surface area (Å²) < 4.78 is 28.9. The molecule has 0 saturated heterocycles. The lowest BCUT2D eigenvalue weighted by atomic mass is 10.1. The Morgan fingerprint density at radius 1 is 1.19 bits per heavy atom. The first-order valence-electron chi connectivity index (χ1n) is 6.98. The lowest BCUT2D eigenvalue weighted by Gasteiger charge is -2.20. The minimum Gasteiger partial charge on any atom is -0.271 e. The lowest BCUT2D eigenvalue weighted by Crippen LogP contribution is -2.34. The van der Waals surface area contributed by atoms with E-state index in [1.807, 2.05) is 56.4 Å². The number of benzene rings is 1. The van der Waals surface area contributed by atoms with Crippen molar-refractivity contribution >= 4 is 10.0 Å². The quantitative estimate of drug-likeness (QED) is 0.853. The number of hydrogen-bond donors (Lipinski definition) is 1. The van der Waals surface area contributed by atoms with Crippen LogP contribution in [0.25, 0.3) is 0 Å². The van der Waals surface area contributed by atoms with Gasteiger partial charge in [-0.3, -0.25) is 4.68 Å². The molecule has 0 aliphatic rings. The molecule has 1 aromatic heterocycles. The zero-order valence-corrected chi connectivity index (χ0v) is 13.1. The maximum absolute atomic E-state index is 12.2. The molecule has 1 N–H and O–H groups in total. The van der Waals surface area contributed by atoms with Gasteiger partial charge < -0.3 is 0 Å². The normalized spacial score (nSPS) is 13.5. The van der Waals surface area contributed by atoms with E-state index in [1.165, 1.54) is 0 Å². The summed E-state index contributed by atoms with van der Waals surface area (Å²) in [6.07, 6.45) is 3.51. The number of sulfonamides is 1. The van der Waals surface area contributed by atoms with Crippen LogP contribution in [0.2, 0.25) is 0 Å².